The first kappa shape index (κ1) is 32.9. The van der Waals surface area contributed by atoms with Crippen molar-refractivity contribution in [1.82, 2.24) is 15.5 Å². The Morgan fingerprint density at radius 2 is 1.89 bits per heavy atom. The number of aliphatic hydroxyl groups excluding tert-OH is 3. The molecule has 0 bridgehead atoms. The van der Waals surface area contributed by atoms with E-state index in [1.165, 1.54) is 4.90 Å². The van der Waals surface area contributed by atoms with Gasteiger partial charge >= 0.3 is 0 Å². The second-order valence-corrected chi connectivity index (χ2v) is 16.6. The van der Waals surface area contributed by atoms with Crippen LogP contribution in [0.15, 0.2) is 11.3 Å². The van der Waals surface area contributed by atoms with Gasteiger partial charge in [-0.3, -0.25) is 19.3 Å². The fraction of sp³-hybridized carbons (Fsp3) is 0.800. The van der Waals surface area contributed by atoms with Gasteiger partial charge in [0.25, 0.3) is 11.8 Å². The van der Waals surface area contributed by atoms with Gasteiger partial charge in [0, 0.05) is 12.2 Å². The first-order valence-electron chi connectivity index (χ1n) is 17.0. The quantitative estimate of drug-likeness (QED) is 0.213. The van der Waals surface area contributed by atoms with Gasteiger partial charge in [-0.25, -0.2) is 0 Å². The summed E-state index contributed by atoms with van der Waals surface area (Å²) in [5.74, 6) is 3.54. The molecule has 9 nitrogen and oxygen atoms in total. The lowest BCUT2D eigenvalue weighted by molar-refractivity contribution is -0.207. The second kappa shape index (κ2) is 12.2. The van der Waals surface area contributed by atoms with Gasteiger partial charge in [-0.1, -0.05) is 26.7 Å². The van der Waals surface area contributed by atoms with E-state index in [1.807, 2.05) is 6.92 Å². The normalized spacial score (nSPS) is 44.4. The minimum absolute atomic E-state index is 0.0408. The third kappa shape index (κ3) is 5.25. The highest BCUT2D eigenvalue weighted by molar-refractivity contribution is 8.00. The van der Waals surface area contributed by atoms with Crippen LogP contribution >= 0.6 is 11.8 Å². The number of carbonyl (C=O) groups is 3. The molecule has 0 aromatic rings. The molecule has 5 fully saturated rings. The molecule has 0 aromatic carbocycles. The molecular weight excluding hydrogens is 590 g/mol. The summed E-state index contributed by atoms with van der Waals surface area (Å²) in [5, 5.41) is 39.0. The summed E-state index contributed by atoms with van der Waals surface area (Å²) in [7, 11) is 0. The van der Waals surface area contributed by atoms with Crippen molar-refractivity contribution in [3.8, 4) is 12.3 Å². The number of nitrogens with zero attached hydrogens (tertiary/aromatic N) is 1. The predicted molar refractivity (Wildman–Crippen MR) is 172 cm³/mol. The monoisotopic (exact) mass is 641 g/mol. The van der Waals surface area contributed by atoms with E-state index in [0.29, 0.717) is 30.2 Å². The van der Waals surface area contributed by atoms with Gasteiger partial charge in [0.1, 0.15) is 17.1 Å². The molecule has 1 saturated heterocycles. The smallest absolute Gasteiger partial charge is 0.268 e. The minimum Gasteiger partial charge on any atom is -0.393 e. The van der Waals surface area contributed by atoms with Crippen LogP contribution in [0.3, 0.4) is 0 Å². The topological polar surface area (TPSA) is 139 Å². The molecule has 2 aliphatic heterocycles. The molecule has 45 heavy (non-hydrogen) atoms. The van der Waals surface area contributed by atoms with Crippen LogP contribution in [0.2, 0.25) is 0 Å². The molecule has 3 amide bonds. The van der Waals surface area contributed by atoms with Crippen LogP contribution in [-0.4, -0.2) is 80.0 Å². The van der Waals surface area contributed by atoms with E-state index in [1.54, 1.807) is 11.8 Å². The van der Waals surface area contributed by atoms with Crippen LogP contribution < -0.4 is 10.6 Å². The Hall–Kier alpha value is -2.06. The third-order valence-electron chi connectivity index (χ3n) is 13.4. The van der Waals surface area contributed by atoms with E-state index in [2.05, 4.69) is 37.3 Å². The minimum atomic E-state index is -0.661. The Morgan fingerprint density at radius 1 is 1.13 bits per heavy atom. The Labute approximate surface area is 271 Å². The summed E-state index contributed by atoms with van der Waals surface area (Å²) in [6, 6.07) is -0.661. The van der Waals surface area contributed by atoms with E-state index in [0.717, 1.165) is 44.1 Å². The molecule has 0 spiro atoms. The van der Waals surface area contributed by atoms with Crippen LogP contribution in [0.1, 0.15) is 85.5 Å². The van der Waals surface area contributed by atoms with Crippen LogP contribution in [0.4, 0.5) is 0 Å². The maximum absolute atomic E-state index is 13.2. The number of β-lactam (4-membered cyclic amide) rings is 1. The number of rotatable bonds is 7. The average Bonchev–Trinajstić information content (AvgIpc) is 3.37. The van der Waals surface area contributed by atoms with E-state index in [4.69, 9.17) is 6.42 Å². The number of amides is 3. The maximum Gasteiger partial charge on any atom is 0.268 e. The molecule has 13 atom stereocenters. The van der Waals surface area contributed by atoms with Gasteiger partial charge in [-0.05, 0) is 110 Å². The lowest BCUT2D eigenvalue weighted by atomic mass is 9.43. The molecule has 4 aliphatic carbocycles. The fourth-order valence-electron chi connectivity index (χ4n) is 10.9. The van der Waals surface area contributed by atoms with Gasteiger partial charge < -0.3 is 26.0 Å². The van der Waals surface area contributed by atoms with Crippen molar-refractivity contribution in [2.45, 2.75) is 115 Å². The van der Waals surface area contributed by atoms with Crippen LogP contribution in [0.25, 0.3) is 0 Å². The molecule has 6 aliphatic rings. The van der Waals surface area contributed by atoms with Crippen LogP contribution in [-0.2, 0) is 14.4 Å². The fourth-order valence-corrected chi connectivity index (χ4v) is 12.2. The summed E-state index contributed by atoms with van der Waals surface area (Å²) in [6.07, 6.45) is 10.9. The number of fused-ring (bicyclic) bond motifs is 6. The molecule has 0 aromatic heterocycles. The van der Waals surface area contributed by atoms with Crippen molar-refractivity contribution < 1.29 is 29.7 Å². The number of carbonyl (C=O) groups excluding carboxylic acids is 3. The van der Waals surface area contributed by atoms with Crippen molar-refractivity contribution in [1.29, 1.82) is 0 Å². The number of hydrogen-bond donors (Lipinski definition) is 5. The summed E-state index contributed by atoms with van der Waals surface area (Å²) >= 11 is 1.54. The molecule has 248 valence electrons. The Bertz CT molecular complexity index is 1300. The van der Waals surface area contributed by atoms with Crippen molar-refractivity contribution in [3.63, 3.8) is 0 Å². The van der Waals surface area contributed by atoms with Crippen molar-refractivity contribution in [2.24, 2.45) is 46.3 Å². The van der Waals surface area contributed by atoms with Gasteiger partial charge in [-0.15, -0.1) is 18.2 Å². The first-order valence-corrected chi connectivity index (χ1v) is 18.1. The Kier molecular flexibility index (Phi) is 8.90. The molecule has 0 radical (unpaired) electrons. The number of terminal acetylenes is 1. The highest BCUT2D eigenvalue weighted by atomic mass is 32.2. The summed E-state index contributed by atoms with van der Waals surface area (Å²) in [6.45, 7) is 8.68. The average molecular weight is 642 g/mol. The zero-order valence-electron chi connectivity index (χ0n) is 27.1. The Morgan fingerprint density at radius 3 is 2.62 bits per heavy atom. The summed E-state index contributed by atoms with van der Waals surface area (Å²) in [4.78, 5) is 40.4. The highest BCUT2D eigenvalue weighted by Gasteiger charge is 2.65. The zero-order valence-corrected chi connectivity index (χ0v) is 27.9. The van der Waals surface area contributed by atoms with Crippen molar-refractivity contribution in [3.05, 3.63) is 11.3 Å². The highest BCUT2D eigenvalue weighted by Crippen LogP contribution is 2.68. The molecular formula is C35H51N3O6S. The molecule has 4 saturated carbocycles. The second-order valence-electron chi connectivity index (χ2n) is 15.5. The maximum atomic E-state index is 13.2. The SMILES string of the molecule is C#CCNC(=O)C1=C(C)CSC2C(NC(=O)CC[C@@H](C)[C@H]3CC[C@H]4C5C(O)C[C@@H]6C[C@H](O)CC[C@]6(C)[C@H]5C[C@H](O)[C@]34C)C(=O)N12. The molecule has 6 rings (SSSR count). The van der Waals surface area contributed by atoms with Crippen molar-refractivity contribution in [2.75, 3.05) is 12.3 Å². The summed E-state index contributed by atoms with van der Waals surface area (Å²) < 4.78 is 0. The van der Waals surface area contributed by atoms with Crippen LogP contribution in [0.5, 0.6) is 0 Å². The largest absolute Gasteiger partial charge is 0.393 e. The third-order valence-corrected chi connectivity index (χ3v) is 14.8. The van der Waals surface area contributed by atoms with E-state index in [9.17, 15) is 29.7 Å². The number of aliphatic hydroxyl groups is 3. The van der Waals surface area contributed by atoms with Gasteiger partial charge in [-0.2, -0.15) is 0 Å². The Balaban J connectivity index is 1.07. The molecule has 4 unspecified atom stereocenters. The van der Waals surface area contributed by atoms with Gasteiger partial charge in [0.2, 0.25) is 5.91 Å². The lowest BCUT2D eigenvalue weighted by Gasteiger charge is -2.63. The lowest BCUT2D eigenvalue weighted by Crippen LogP contribution is -2.71. The van der Waals surface area contributed by atoms with Crippen LogP contribution in [0, 0.1) is 58.7 Å². The summed E-state index contributed by atoms with van der Waals surface area (Å²) in [5.41, 5.74) is 0.867. The number of hydrogen-bond acceptors (Lipinski definition) is 7. The van der Waals surface area contributed by atoms with Gasteiger partial charge in [0.05, 0.1) is 24.9 Å². The predicted octanol–water partition coefficient (Wildman–Crippen LogP) is 2.79. The van der Waals surface area contributed by atoms with Gasteiger partial charge in [0.15, 0.2) is 0 Å². The number of thioether (sulfide) groups is 1. The molecule has 2 heterocycles. The zero-order chi connectivity index (χ0) is 32.4. The van der Waals surface area contributed by atoms with E-state index in [-0.39, 0.29) is 82.6 Å². The first-order chi connectivity index (χ1) is 21.3. The van der Waals surface area contributed by atoms with E-state index >= 15 is 0 Å². The van der Waals surface area contributed by atoms with Crippen molar-refractivity contribution >= 4 is 29.5 Å². The number of nitrogens with one attached hydrogen (secondary N) is 2. The molecule has 10 heteroatoms. The molecule has 5 N–H and O–H groups in total. The van der Waals surface area contributed by atoms with E-state index < -0.39 is 18.2 Å². The standard InChI is InChI=1S/C35H51N3O6S/c1-6-13-36-31(43)30-19(3)17-45-33-29(32(44)38(30)33)37-27(42)10-7-18(2)22-8-9-23-28-24(16-26(41)35(22,23)5)34(4)12-11-21(39)14-20(34)15-25(28)40/h1,18,20-26,28-29,33,39-41H,7-17H2,2-5H3,(H,36,43)(H,37,42)/t18-,20+,21-,22-,23+,24+,25?,26+,28?,29?,33?,34+,35-/m1/s1.